The zero-order chi connectivity index (χ0) is 12.1. The number of aromatic nitrogens is 2. The Morgan fingerprint density at radius 2 is 2.18 bits per heavy atom. The zero-order valence-corrected chi connectivity index (χ0v) is 10.8. The summed E-state index contributed by atoms with van der Waals surface area (Å²) >= 11 is 0. The predicted octanol–water partition coefficient (Wildman–Crippen LogP) is 1.96. The van der Waals surface area contributed by atoms with E-state index in [9.17, 15) is 0 Å². The molecule has 1 aromatic rings. The number of hydrogen-bond acceptors (Lipinski definition) is 4. The lowest BCUT2D eigenvalue weighted by Crippen LogP contribution is -2.25. The Bertz CT molecular complexity index is 349. The van der Waals surface area contributed by atoms with Crippen molar-refractivity contribution >= 4 is 5.82 Å². The highest BCUT2D eigenvalue weighted by Crippen LogP contribution is 2.19. The summed E-state index contributed by atoms with van der Waals surface area (Å²) in [6, 6.07) is 0.721. The first-order valence-electron chi connectivity index (χ1n) is 6.62. The van der Waals surface area contributed by atoms with Crippen LogP contribution < -0.4 is 10.2 Å². The number of anilines is 1. The summed E-state index contributed by atoms with van der Waals surface area (Å²) in [5.74, 6) is 1.00. The number of rotatable bonds is 7. The van der Waals surface area contributed by atoms with Crippen LogP contribution in [0.15, 0.2) is 12.4 Å². The van der Waals surface area contributed by atoms with Crippen LogP contribution in [0.5, 0.6) is 0 Å². The Morgan fingerprint density at radius 1 is 1.35 bits per heavy atom. The molecule has 94 valence electrons. The smallest absolute Gasteiger partial charge is 0.147 e. The van der Waals surface area contributed by atoms with Crippen molar-refractivity contribution in [1.29, 1.82) is 0 Å². The third-order valence-corrected chi connectivity index (χ3v) is 3.02. The second-order valence-electron chi connectivity index (χ2n) is 4.60. The first-order chi connectivity index (χ1) is 8.33. The highest BCUT2D eigenvalue weighted by molar-refractivity contribution is 5.35. The zero-order valence-electron chi connectivity index (χ0n) is 10.8. The molecule has 0 aromatic carbocycles. The number of hydrogen-bond donors (Lipinski definition) is 1. The van der Waals surface area contributed by atoms with Gasteiger partial charge in [-0.25, -0.2) is 4.98 Å². The molecule has 1 N–H and O–H groups in total. The standard InChI is InChI=1S/C13H22N4/c1-3-7-17(4-2)13-10-14-8-12(16-13)9-15-11-5-6-11/h8,10-11,15H,3-7,9H2,1-2H3. The molecule has 0 radical (unpaired) electrons. The third kappa shape index (κ3) is 3.66. The molecular formula is C13H22N4. The molecule has 1 heterocycles. The van der Waals surface area contributed by atoms with Crippen molar-refractivity contribution in [1.82, 2.24) is 15.3 Å². The maximum atomic E-state index is 4.66. The molecule has 0 aliphatic heterocycles. The number of nitrogens with one attached hydrogen (secondary N) is 1. The molecule has 1 fully saturated rings. The summed E-state index contributed by atoms with van der Waals surface area (Å²) in [6.07, 6.45) is 7.48. The van der Waals surface area contributed by atoms with Gasteiger partial charge in [0.1, 0.15) is 5.82 Å². The highest BCUT2D eigenvalue weighted by atomic mass is 15.2. The van der Waals surface area contributed by atoms with Gasteiger partial charge >= 0.3 is 0 Å². The van der Waals surface area contributed by atoms with Crippen LogP contribution in [0.1, 0.15) is 38.8 Å². The van der Waals surface area contributed by atoms with Gasteiger partial charge in [-0.2, -0.15) is 0 Å². The van der Waals surface area contributed by atoms with Crippen molar-refractivity contribution in [3.63, 3.8) is 0 Å². The average molecular weight is 234 g/mol. The van der Waals surface area contributed by atoms with Gasteiger partial charge in [0.15, 0.2) is 0 Å². The Morgan fingerprint density at radius 3 is 2.82 bits per heavy atom. The van der Waals surface area contributed by atoms with E-state index >= 15 is 0 Å². The van der Waals surface area contributed by atoms with Crippen molar-refractivity contribution < 1.29 is 0 Å². The average Bonchev–Trinajstić information content (AvgIpc) is 3.18. The number of nitrogens with zero attached hydrogens (tertiary/aromatic N) is 3. The van der Waals surface area contributed by atoms with Gasteiger partial charge in [0.25, 0.3) is 0 Å². The van der Waals surface area contributed by atoms with Crippen molar-refractivity contribution in [2.75, 3.05) is 18.0 Å². The van der Waals surface area contributed by atoms with Crippen molar-refractivity contribution in [2.24, 2.45) is 0 Å². The van der Waals surface area contributed by atoms with Gasteiger partial charge in [0, 0.05) is 31.9 Å². The molecule has 1 saturated carbocycles. The predicted molar refractivity (Wildman–Crippen MR) is 70.1 cm³/mol. The van der Waals surface area contributed by atoms with Crippen LogP contribution >= 0.6 is 0 Å². The quantitative estimate of drug-likeness (QED) is 0.783. The van der Waals surface area contributed by atoms with Crippen molar-refractivity contribution in [2.45, 2.75) is 45.7 Å². The fourth-order valence-electron chi connectivity index (χ4n) is 1.87. The van der Waals surface area contributed by atoms with Crippen LogP contribution in [0, 0.1) is 0 Å². The monoisotopic (exact) mass is 234 g/mol. The molecule has 4 heteroatoms. The largest absolute Gasteiger partial charge is 0.356 e. The van der Waals surface area contributed by atoms with Crippen LogP contribution in [0.4, 0.5) is 5.82 Å². The minimum Gasteiger partial charge on any atom is -0.356 e. The van der Waals surface area contributed by atoms with Gasteiger partial charge in [-0.3, -0.25) is 4.98 Å². The molecule has 1 aliphatic carbocycles. The van der Waals surface area contributed by atoms with Gasteiger partial charge in [0.05, 0.1) is 11.9 Å². The molecule has 0 bridgehead atoms. The lowest BCUT2D eigenvalue weighted by atomic mass is 10.4. The van der Waals surface area contributed by atoms with Gasteiger partial charge in [0.2, 0.25) is 0 Å². The molecule has 2 rings (SSSR count). The summed E-state index contributed by atoms with van der Waals surface area (Å²) in [6.45, 7) is 7.23. The Balaban J connectivity index is 1.97. The normalized spacial score (nSPS) is 14.9. The van der Waals surface area contributed by atoms with Crippen molar-refractivity contribution in [3.8, 4) is 0 Å². The lowest BCUT2D eigenvalue weighted by Gasteiger charge is -2.21. The summed E-state index contributed by atoms with van der Waals surface area (Å²) in [5.41, 5.74) is 1.05. The second kappa shape index (κ2) is 5.96. The molecule has 0 spiro atoms. The molecule has 4 nitrogen and oxygen atoms in total. The van der Waals surface area contributed by atoms with E-state index in [-0.39, 0.29) is 0 Å². The van der Waals surface area contributed by atoms with Crippen molar-refractivity contribution in [3.05, 3.63) is 18.1 Å². The van der Waals surface area contributed by atoms with E-state index in [1.165, 1.54) is 12.8 Å². The topological polar surface area (TPSA) is 41.1 Å². The second-order valence-corrected chi connectivity index (χ2v) is 4.60. The van der Waals surface area contributed by atoms with E-state index in [4.69, 9.17) is 0 Å². The van der Waals surface area contributed by atoms with E-state index in [2.05, 4.69) is 34.0 Å². The SMILES string of the molecule is CCCN(CC)c1cncc(CNC2CC2)n1. The van der Waals surface area contributed by atoms with Gasteiger partial charge < -0.3 is 10.2 Å². The first kappa shape index (κ1) is 12.3. The Hall–Kier alpha value is -1.16. The van der Waals surface area contributed by atoms with E-state index < -0.39 is 0 Å². The fraction of sp³-hybridized carbons (Fsp3) is 0.692. The highest BCUT2D eigenvalue weighted by Gasteiger charge is 2.20. The molecule has 17 heavy (non-hydrogen) atoms. The summed E-state index contributed by atoms with van der Waals surface area (Å²) < 4.78 is 0. The fourth-order valence-corrected chi connectivity index (χ4v) is 1.87. The van der Waals surface area contributed by atoms with Crippen LogP contribution in [0.25, 0.3) is 0 Å². The summed E-state index contributed by atoms with van der Waals surface area (Å²) in [4.78, 5) is 11.2. The minimum atomic E-state index is 0.721. The maximum absolute atomic E-state index is 4.66. The molecule has 1 aliphatic rings. The molecule has 0 saturated heterocycles. The van der Waals surface area contributed by atoms with E-state index in [1.807, 2.05) is 12.4 Å². The maximum Gasteiger partial charge on any atom is 0.147 e. The van der Waals surface area contributed by atoms with E-state index in [0.717, 1.165) is 43.6 Å². The van der Waals surface area contributed by atoms with E-state index in [0.29, 0.717) is 0 Å². The molecule has 1 aromatic heterocycles. The van der Waals surface area contributed by atoms with Crippen LogP contribution in [0.2, 0.25) is 0 Å². The van der Waals surface area contributed by atoms with Gasteiger partial charge in [-0.15, -0.1) is 0 Å². The minimum absolute atomic E-state index is 0.721. The molecule has 0 amide bonds. The van der Waals surface area contributed by atoms with Gasteiger partial charge in [-0.1, -0.05) is 6.92 Å². The molecule has 0 unspecified atom stereocenters. The Labute approximate surface area is 103 Å². The third-order valence-electron chi connectivity index (χ3n) is 3.02. The van der Waals surface area contributed by atoms with Gasteiger partial charge in [-0.05, 0) is 26.2 Å². The van der Waals surface area contributed by atoms with Crippen LogP contribution in [0.3, 0.4) is 0 Å². The first-order valence-corrected chi connectivity index (χ1v) is 6.62. The lowest BCUT2D eigenvalue weighted by molar-refractivity contribution is 0.668. The Kier molecular flexibility index (Phi) is 4.31. The van der Waals surface area contributed by atoms with E-state index in [1.54, 1.807) is 0 Å². The molecule has 0 atom stereocenters. The summed E-state index contributed by atoms with van der Waals surface area (Å²) in [5, 5.41) is 3.47. The molecular weight excluding hydrogens is 212 g/mol. The van der Waals surface area contributed by atoms with Crippen LogP contribution in [-0.4, -0.2) is 29.1 Å². The van der Waals surface area contributed by atoms with Crippen LogP contribution in [-0.2, 0) is 6.54 Å². The summed E-state index contributed by atoms with van der Waals surface area (Å²) in [7, 11) is 0.